The normalized spacial score (nSPS) is 8.67. The Kier molecular flexibility index (Phi) is 4.74. The first-order chi connectivity index (χ1) is 5.61. The van der Waals surface area contributed by atoms with E-state index in [1.807, 2.05) is 32.9 Å². The van der Waals surface area contributed by atoms with Gasteiger partial charge in [-0.05, 0) is 24.6 Å². The maximum Gasteiger partial charge on any atom is 0.0375 e. The number of rotatable bonds is 0. The Balaban J connectivity index is 0.000000561. The van der Waals surface area contributed by atoms with E-state index in [1.54, 1.807) is 0 Å². The minimum absolute atomic E-state index is 0.729. The lowest BCUT2D eigenvalue weighted by molar-refractivity contribution is 1.46. The van der Waals surface area contributed by atoms with Crippen molar-refractivity contribution in [3.05, 3.63) is 22.2 Å². The predicted molar refractivity (Wildman–Crippen MR) is 59.1 cm³/mol. The fourth-order valence-electron chi connectivity index (χ4n) is 0.722. The minimum Gasteiger partial charge on any atom is -0.398 e. The lowest BCUT2D eigenvalue weighted by Crippen LogP contribution is -1.95. The summed E-state index contributed by atoms with van der Waals surface area (Å²) in [5, 5.41) is 0. The van der Waals surface area contributed by atoms with Crippen LogP contribution >= 0.6 is 15.9 Å². The van der Waals surface area contributed by atoms with E-state index in [1.165, 1.54) is 0 Å². The molecule has 0 heterocycles. The van der Waals surface area contributed by atoms with Crippen molar-refractivity contribution >= 4 is 27.3 Å². The summed E-state index contributed by atoms with van der Waals surface area (Å²) >= 11 is 3.29. The zero-order valence-corrected chi connectivity index (χ0v) is 9.27. The summed E-state index contributed by atoms with van der Waals surface area (Å²) in [6.07, 6.45) is 0. The average molecular weight is 231 g/mol. The molecule has 1 rings (SSSR count). The molecule has 3 heteroatoms. The lowest BCUT2D eigenvalue weighted by atomic mass is 10.2. The second-order valence-electron chi connectivity index (χ2n) is 2.21. The van der Waals surface area contributed by atoms with Gasteiger partial charge < -0.3 is 11.5 Å². The highest BCUT2D eigenvalue weighted by atomic mass is 79.9. The highest BCUT2D eigenvalue weighted by Crippen LogP contribution is 2.23. The molecule has 2 nitrogen and oxygen atoms in total. The summed E-state index contributed by atoms with van der Waals surface area (Å²) in [4.78, 5) is 0. The molecule has 1 aromatic carbocycles. The van der Waals surface area contributed by atoms with Crippen LogP contribution in [0.15, 0.2) is 16.6 Å². The van der Waals surface area contributed by atoms with E-state index in [4.69, 9.17) is 11.5 Å². The Bertz CT molecular complexity index is 236. The van der Waals surface area contributed by atoms with E-state index in [-0.39, 0.29) is 0 Å². The number of hydrogen-bond acceptors (Lipinski definition) is 2. The minimum atomic E-state index is 0.729. The molecule has 0 saturated heterocycles. The van der Waals surface area contributed by atoms with E-state index in [9.17, 15) is 0 Å². The molecule has 0 radical (unpaired) electrons. The van der Waals surface area contributed by atoms with E-state index < -0.39 is 0 Å². The average Bonchev–Trinajstić information content (AvgIpc) is 2.04. The molecule has 0 atom stereocenters. The second-order valence-corrected chi connectivity index (χ2v) is 3.12. The number of hydrogen-bond donors (Lipinski definition) is 2. The monoisotopic (exact) mass is 230 g/mol. The third-order valence-corrected chi connectivity index (χ3v) is 1.91. The van der Waals surface area contributed by atoms with Crippen molar-refractivity contribution in [2.45, 2.75) is 20.8 Å². The van der Waals surface area contributed by atoms with Gasteiger partial charge in [0.05, 0.1) is 0 Å². The summed E-state index contributed by atoms with van der Waals surface area (Å²) in [5.74, 6) is 0. The summed E-state index contributed by atoms with van der Waals surface area (Å²) in [7, 11) is 0. The van der Waals surface area contributed by atoms with E-state index in [0.29, 0.717) is 0 Å². The number of anilines is 2. The summed E-state index contributed by atoms with van der Waals surface area (Å²) < 4.78 is 0.924. The van der Waals surface area contributed by atoms with Crippen LogP contribution in [0.4, 0.5) is 11.4 Å². The van der Waals surface area contributed by atoms with E-state index in [0.717, 1.165) is 21.4 Å². The zero-order valence-electron chi connectivity index (χ0n) is 7.69. The van der Waals surface area contributed by atoms with Crippen LogP contribution in [0.1, 0.15) is 19.4 Å². The first kappa shape index (κ1) is 11.3. The van der Waals surface area contributed by atoms with Crippen LogP contribution < -0.4 is 11.5 Å². The first-order valence-corrected chi connectivity index (χ1v) is 4.71. The van der Waals surface area contributed by atoms with Gasteiger partial charge in [-0.25, -0.2) is 0 Å². The van der Waals surface area contributed by atoms with Gasteiger partial charge >= 0.3 is 0 Å². The molecule has 0 aliphatic carbocycles. The quantitative estimate of drug-likeness (QED) is 0.674. The molecular weight excluding hydrogens is 216 g/mol. The van der Waals surface area contributed by atoms with E-state index >= 15 is 0 Å². The Labute approximate surface area is 82.1 Å². The Morgan fingerprint density at radius 2 is 1.42 bits per heavy atom. The van der Waals surface area contributed by atoms with Gasteiger partial charge in [0.15, 0.2) is 0 Å². The van der Waals surface area contributed by atoms with Crippen molar-refractivity contribution in [3.8, 4) is 0 Å². The van der Waals surface area contributed by atoms with Crippen molar-refractivity contribution in [2.75, 3.05) is 11.5 Å². The van der Waals surface area contributed by atoms with Crippen molar-refractivity contribution in [3.63, 3.8) is 0 Å². The highest BCUT2D eigenvalue weighted by molar-refractivity contribution is 9.10. The van der Waals surface area contributed by atoms with Gasteiger partial charge in [-0.2, -0.15) is 0 Å². The van der Waals surface area contributed by atoms with Crippen LogP contribution in [-0.2, 0) is 0 Å². The van der Waals surface area contributed by atoms with Gasteiger partial charge in [0.1, 0.15) is 0 Å². The molecule has 0 fully saturated rings. The van der Waals surface area contributed by atoms with Crippen LogP contribution in [0.3, 0.4) is 0 Å². The SMILES string of the molecule is CC.Cc1c(N)cc(Br)cc1N. The van der Waals surface area contributed by atoms with Crippen LogP contribution in [0.25, 0.3) is 0 Å². The lowest BCUT2D eigenvalue weighted by Gasteiger charge is -2.03. The van der Waals surface area contributed by atoms with Gasteiger partial charge in [-0.1, -0.05) is 29.8 Å². The summed E-state index contributed by atoms with van der Waals surface area (Å²) in [6.45, 7) is 5.90. The molecule has 1 aromatic rings. The molecule has 0 unspecified atom stereocenters. The molecule has 68 valence electrons. The van der Waals surface area contributed by atoms with E-state index in [2.05, 4.69) is 15.9 Å². The highest BCUT2D eigenvalue weighted by Gasteiger charge is 1.98. The summed E-state index contributed by atoms with van der Waals surface area (Å²) in [5.41, 5.74) is 13.6. The number of nitrogen functional groups attached to an aromatic ring is 2. The molecule has 0 aliphatic rings. The largest absolute Gasteiger partial charge is 0.398 e. The van der Waals surface area contributed by atoms with Gasteiger partial charge in [0, 0.05) is 15.8 Å². The Morgan fingerprint density at radius 3 is 1.75 bits per heavy atom. The van der Waals surface area contributed by atoms with Crippen molar-refractivity contribution < 1.29 is 0 Å². The molecule has 0 bridgehead atoms. The third kappa shape index (κ3) is 2.74. The maximum atomic E-state index is 5.61. The topological polar surface area (TPSA) is 52.0 Å². The molecule has 0 aliphatic heterocycles. The van der Waals surface area contributed by atoms with Crippen molar-refractivity contribution in [1.29, 1.82) is 0 Å². The van der Waals surface area contributed by atoms with Gasteiger partial charge in [-0.3, -0.25) is 0 Å². The maximum absolute atomic E-state index is 5.61. The number of halogens is 1. The Hall–Kier alpha value is -0.700. The molecule has 12 heavy (non-hydrogen) atoms. The molecule has 0 saturated carbocycles. The zero-order chi connectivity index (χ0) is 9.72. The van der Waals surface area contributed by atoms with Crippen LogP contribution in [0.2, 0.25) is 0 Å². The molecular formula is C9H15BrN2. The molecule has 0 amide bonds. The number of benzene rings is 1. The van der Waals surface area contributed by atoms with Crippen LogP contribution in [0.5, 0.6) is 0 Å². The number of nitrogens with two attached hydrogens (primary N) is 2. The smallest absolute Gasteiger partial charge is 0.0375 e. The van der Waals surface area contributed by atoms with Crippen molar-refractivity contribution in [1.82, 2.24) is 0 Å². The fourth-order valence-corrected chi connectivity index (χ4v) is 1.22. The van der Waals surface area contributed by atoms with Crippen LogP contribution in [-0.4, -0.2) is 0 Å². The second kappa shape index (κ2) is 5.04. The van der Waals surface area contributed by atoms with Gasteiger partial charge in [0.2, 0.25) is 0 Å². The van der Waals surface area contributed by atoms with Crippen LogP contribution in [0, 0.1) is 6.92 Å². The predicted octanol–water partition coefficient (Wildman–Crippen LogP) is 2.95. The van der Waals surface area contributed by atoms with Crippen molar-refractivity contribution in [2.24, 2.45) is 0 Å². The fraction of sp³-hybridized carbons (Fsp3) is 0.333. The molecule has 0 spiro atoms. The molecule has 0 aromatic heterocycles. The first-order valence-electron chi connectivity index (χ1n) is 3.92. The standard InChI is InChI=1S/C7H9BrN2.C2H6/c1-4-6(9)2-5(8)3-7(4)10;1-2/h2-3H,9-10H2,1H3;1-2H3. The van der Waals surface area contributed by atoms with Gasteiger partial charge in [-0.15, -0.1) is 0 Å². The van der Waals surface area contributed by atoms with Gasteiger partial charge in [0.25, 0.3) is 0 Å². The third-order valence-electron chi connectivity index (χ3n) is 1.45. The summed E-state index contributed by atoms with van der Waals surface area (Å²) in [6, 6.07) is 3.68. The molecule has 4 N–H and O–H groups in total. The Morgan fingerprint density at radius 1 is 1.08 bits per heavy atom.